The first kappa shape index (κ1) is 16.3. The molecule has 2 aromatic carbocycles. The predicted octanol–water partition coefficient (Wildman–Crippen LogP) is 2.69. The Morgan fingerprint density at radius 1 is 0.923 bits per heavy atom. The summed E-state index contributed by atoms with van der Waals surface area (Å²) in [6.45, 7) is 0. The number of guanidine groups is 1. The van der Waals surface area contributed by atoms with Crippen LogP contribution in [0.3, 0.4) is 0 Å². The smallest absolute Gasteiger partial charge is 0.217 e. The van der Waals surface area contributed by atoms with E-state index in [1.54, 1.807) is 21.3 Å². The zero-order valence-electron chi connectivity index (χ0n) is 14.8. The predicted molar refractivity (Wildman–Crippen MR) is 101 cm³/mol. The van der Waals surface area contributed by atoms with Gasteiger partial charge in [0.05, 0.1) is 33.3 Å². The van der Waals surface area contributed by atoms with E-state index < -0.39 is 0 Å². The van der Waals surface area contributed by atoms with Gasteiger partial charge in [-0.25, -0.2) is 4.99 Å². The minimum atomic E-state index is -0.284. The molecule has 2 aromatic rings. The highest BCUT2D eigenvalue weighted by atomic mass is 16.5. The number of nitrogens with one attached hydrogen (secondary N) is 1. The van der Waals surface area contributed by atoms with Gasteiger partial charge in [0.15, 0.2) is 11.5 Å². The van der Waals surface area contributed by atoms with Crippen molar-refractivity contribution < 1.29 is 14.2 Å². The van der Waals surface area contributed by atoms with Crippen LogP contribution in [0.25, 0.3) is 0 Å². The molecule has 0 aliphatic carbocycles. The molecule has 0 unspecified atom stereocenters. The Kier molecular flexibility index (Phi) is 3.91. The molecule has 2 heterocycles. The van der Waals surface area contributed by atoms with Gasteiger partial charge in [-0.2, -0.15) is 4.99 Å². The Balaban J connectivity index is 1.89. The molecule has 2 aliphatic heterocycles. The molecule has 2 aliphatic rings. The van der Waals surface area contributed by atoms with Crippen molar-refractivity contribution in [1.82, 2.24) is 0 Å². The molecule has 0 fully saturated rings. The van der Waals surface area contributed by atoms with Crippen LogP contribution >= 0.6 is 0 Å². The third-order valence-corrected chi connectivity index (χ3v) is 4.73. The first-order valence-corrected chi connectivity index (χ1v) is 8.24. The fourth-order valence-electron chi connectivity index (χ4n) is 3.64. The molecule has 0 spiro atoms. The van der Waals surface area contributed by atoms with Gasteiger partial charge in [-0.05, 0) is 23.8 Å². The van der Waals surface area contributed by atoms with E-state index in [1.165, 1.54) is 0 Å². The maximum Gasteiger partial charge on any atom is 0.217 e. The Morgan fingerprint density at radius 2 is 1.69 bits per heavy atom. The van der Waals surface area contributed by atoms with Crippen LogP contribution in [0.1, 0.15) is 23.1 Å². The lowest BCUT2D eigenvalue weighted by Crippen LogP contribution is -2.28. The number of benzene rings is 2. The number of aliphatic imine (C=N–C) groups is 2. The summed E-state index contributed by atoms with van der Waals surface area (Å²) in [5.41, 5.74) is 9.01. The standard InChI is InChI=1S/C19H20N4O3/c1-24-13-9-8-11(16(25-2)17(13)26-3)15-14-10-6-4-5-7-12(10)21-18(14)23-19(20)22-15/h4-9,14-15H,1-3H3,(H3,20,21,22,23)/t14-,15+/m0/s1. The van der Waals surface area contributed by atoms with E-state index >= 15 is 0 Å². The van der Waals surface area contributed by atoms with Crippen LogP contribution in [0.15, 0.2) is 46.4 Å². The number of rotatable bonds is 4. The number of nitrogens with zero attached hydrogens (tertiary/aromatic N) is 2. The molecule has 0 aromatic heterocycles. The highest BCUT2D eigenvalue weighted by Gasteiger charge is 2.40. The average Bonchev–Trinajstić information content (AvgIpc) is 3.03. The third kappa shape index (κ3) is 2.35. The van der Waals surface area contributed by atoms with E-state index in [1.807, 2.05) is 30.3 Å². The van der Waals surface area contributed by atoms with Crippen molar-refractivity contribution in [2.75, 3.05) is 26.6 Å². The molecule has 0 radical (unpaired) electrons. The molecule has 4 rings (SSSR count). The van der Waals surface area contributed by atoms with Gasteiger partial charge in [-0.15, -0.1) is 0 Å². The second-order valence-corrected chi connectivity index (χ2v) is 6.04. The zero-order chi connectivity index (χ0) is 18.3. The van der Waals surface area contributed by atoms with Gasteiger partial charge >= 0.3 is 0 Å². The minimum absolute atomic E-state index is 0.0644. The van der Waals surface area contributed by atoms with Crippen molar-refractivity contribution in [1.29, 1.82) is 0 Å². The van der Waals surface area contributed by atoms with Crippen molar-refractivity contribution in [2.24, 2.45) is 15.7 Å². The van der Waals surface area contributed by atoms with E-state index in [0.29, 0.717) is 17.2 Å². The van der Waals surface area contributed by atoms with Crippen LogP contribution in [0.4, 0.5) is 5.69 Å². The van der Waals surface area contributed by atoms with E-state index in [2.05, 4.69) is 21.4 Å². The summed E-state index contributed by atoms with van der Waals surface area (Å²) in [4.78, 5) is 9.03. The van der Waals surface area contributed by atoms with E-state index in [0.717, 1.165) is 22.6 Å². The molecule has 7 nitrogen and oxygen atoms in total. The molecule has 0 saturated carbocycles. The van der Waals surface area contributed by atoms with Gasteiger partial charge in [-0.1, -0.05) is 18.2 Å². The second kappa shape index (κ2) is 6.25. The first-order valence-electron chi connectivity index (χ1n) is 8.24. The van der Waals surface area contributed by atoms with Crippen molar-refractivity contribution in [3.05, 3.63) is 47.5 Å². The van der Waals surface area contributed by atoms with Crippen molar-refractivity contribution in [3.63, 3.8) is 0 Å². The number of nitrogens with two attached hydrogens (primary N) is 1. The monoisotopic (exact) mass is 352 g/mol. The summed E-state index contributed by atoms with van der Waals surface area (Å²) in [5.74, 6) is 2.67. The molecule has 3 N–H and O–H groups in total. The lowest BCUT2D eigenvalue weighted by molar-refractivity contribution is 0.320. The Morgan fingerprint density at radius 3 is 2.42 bits per heavy atom. The normalized spacial score (nSPS) is 20.3. The lowest BCUT2D eigenvalue weighted by atomic mass is 9.86. The van der Waals surface area contributed by atoms with Gasteiger partial charge in [0.2, 0.25) is 11.7 Å². The molecule has 7 heteroatoms. The van der Waals surface area contributed by atoms with Crippen LogP contribution in [0.2, 0.25) is 0 Å². The van der Waals surface area contributed by atoms with E-state index in [4.69, 9.17) is 19.9 Å². The topological polar surface area (TPSA) is 90.5 Å². The fraction of sp³-hybridized carbons (Fsp3) is 0.263. The summed E-state index contributed by atoms with van der Waals surface area (Å²) in [6, 6.07) is 11.6. The molecule has 134 valence electrons. The highest BCUT2D eigenvalue weighted by Crippen LogP contribution is 2.50. The summed E-state index contributed by atoms with van der Waals surface area (Å²) in [7, 11) is 4.78. The molecule has 2 atom stereocenters. The Labute approximate surface area is 151 Å². The van der Waals surface area contributed by atoms with Gasteiger partial charge in [0.1, 0.15) is 5.84 Å². The largest absolute Gasteiger partial charge is 0.493 e. The number of amidine groups is 1. The van der Waals surface area contributed by atoms with Crippen LogP contribution < -0.4 is 25.3 Å². The summed E-state index contributed by atoms with van der Waals surface area (Å²) < 4.78 is 16.6. The SMILES string of the molecule is COc1ccc([C@H]2N=C(N)N=C3Nc4ccccc4[C@H]32)c(OC)c1OC. The van der Waals surface area contributed by atoms with Gasteiger partial charge in [0.25, 0.3) is 0 Å². The molecular weight excluding hydrogens is 332 g/mol. The third-order valence-electron chi connectivity index (χ3n) is 4.73. The fourth-order valence-corrected chi connectivity index (χ4v) is 3.64. The van der Waals surface area contributed by atoms with Crippen LogP contribution in [-0.2, 0) is 0 Å². The quantitative estimate of drug-likeness (QED) is 0.883. The number of methoxy groups -OCH3 is 3. The van der Waals surface area contributed by atoms with Crippen LogP contribution in [0.5, 0.6) is 17.2 Å². The number of para-hydroxylation sites is 1. The number of hydrogen-bond acceptors (Lipinski definition) is 7. The molecule has 0 bridgehead atoms. The van der Waals surface area contributed by atoms with Gasteiger partial charge in [-0.3, -0.25) is 0 Å². The lowest BCUT2D eigenvalue weighted by Gasteiger charge is -2.27. The van der Waals surface area contributed by atoms with Crippen LogP contribution in [0, 0.1) is 0 Å². The Hall–Kier alpha value is -3.22. The first-order chi connectivity index (χ1) is 12.7. The average molecular weight is 352 g/mol. The minimum Gasteiger partial charge on any atom is -0.493 e. The van der Waals surface area contributed by atoms with Crippen molar-refractivity contribution >= 4 is 17.5 Å². The molecular formula is C19H20N4O3. The van der Waals surface area contributed by atoms with Gasteiger partial charge in [0, 0.05) is 11.3 Å². The molecule has 0 saturated heterocycles. The van der Waals surface area contributed by atoms with Crippen molar-refractivity contribution in [2.45, 2.75) is 12.0 Å². The maximum atomic E-state index is 6.00. The highest BCUT2D eigenvalue weighted by molar-refractivity contribution is 6.13. The van der Waals surface area contributed by atoms with Gasteiger partial charge < -0.3 is 25.3 Å². The van der Waals surface area contributed by atoms with Crippen molar-refractivity contribution in [3.8, 4) is 17.2 Å². The second-order valence-electron chi connectivity index (χ2n) is 6.04. The van der Waals surface area contributed by atoms with Crippen LogP contribution in [-0.4, -0.2) is 33.1 Å². The summed E-state index contributed by atoms with van der Waals surface area (Å²) in [5, 5.41) is 3.35. The maximum absolute atomic E-state index is 6.00. The van der Waals surface area contributed by atoms with E-state index in [9.17, 15) is 0 Å². The number of fused-ring (bicyclic) bond motifs is 3. The number of ether oxygens (including phenoxy) is 3. The zero-order valence-corrected chi connectivity index (χ0v) is 14.8. The Bertz CT molecular complexity index is 923. The molecule has 26 heavy (non-hydrogen) atoms. The number of anilines is 1. The summed E-state index contributed by atoms with van der Waals surface area (Å²) >= 11 is 0. The number of hydrogen-bond donors (Lipinski definition) is 2. The summed E-state index contributed by atoms with van der Waals surface area (Å²) in [6.07, 6.45) is 0. The molecule has 0 amide bonds. The van der Waals surface area contributed by atoms with E-state index in [-0.39, 0.29) is 17.9 Å².